The quantitative estimate of drug-likeness (QED) is 0.813. The van der Waals surface area contributed by atoms with E-state index in [0.29, 0.717) is 13.2 Å². The van der Waals surface area contributed by atoms with Crippen molar-refractivity contribution in [2.75, 3.05) is 7.11 Å². The third kappa shape index (κ3) is 1.41. The monoisotopic (exact) mass is 212 g/mol. The van der Waals surface area contributed by atoms with Crippen LogP contribution in [0.25, 0.3) is 4.96 Å². The van der Waals surface area contributed by atoms with Crippen LogP contribution in [-0.2, 0) is 17.9 Å². The van der Waals surface area contributed by atoms with Crippen LogP contribution in [0.2, 0.25) is 0 Å². The van der Waals surface area contributed by atoms with Crippen molar-refractivity contribution in [3.63, 3.8) is 0 Å². The number of aromatic nitrogens is 3. The number of imidazole rings is 1. The SMILES string of the molecule is COCc1nn2c(CN)c(C)nc2s1. The standard InChI is InChI=1S/C8H12N4OS/c1-5-6(3-9)12-8(10-5)14-7(11-12)4-13-2/h3-4,9H2,1-2H3. The Kier molecular flexibility index (Phi) is 2.49. The van der Waals surface area contributed by atoms with Crippen molar-refractivity contribution in [3.8, 4) is 0 Å². The molecule has 0 fully saturated rings. The zero-order valence-corrected chi connectivity index (χ0v) is 8.97. The summed E-state index contributed by atoms with van der Waals surface area (Å²) in [6.45, 7) is 2.93. The van der Waals surface area contributed by atoms with E-state index in [0.717, 1.165) is 21.4 Å². The summed E-state index contributed by atoms with van der Waals surface area (Å²) in [4.78, 5) is 5.25. The van der Waals surface area contributed by atoms with Crippen LogP contribution >= 0.6 is 11.3 Å². The molecule has 0 unspecified atom stereocenters. The smallest absolute Gasteiger partial charge is 0.212 e. The maximum absolute atomic E-state index is 5.62. The number of rotatable bonds is 3. The zero-order chi connectivity index (χ0) is 10.1. The molecule has 0 radical (unpaired) electrons. The summed E-state index contributed by atoms with van der Waals surface area (Å²) in [7, 11) is 1.65. The number of nitrogens with zero attached hydrogens (tertiary/aromatic N) is 3. The minimum absolute atomic E-state index is 0.461. The molecule has 2 aromatic rings. The Labute approximate surface area is 85.5 Å². The lowest BCUT2D eigenvalue weighted by molar-refractivity contribution is 0.183. The van der Waals surface area contributed by atoms with Gasteiger partial charge in [0.15, 0.2) is 0 Å². The van der Waals surface area contributed by atoms with E-state index in [1.54, 1.807) is 11.6 Å². The molecule has 0 aliphatic carbocycles. The summed E-state index contributed by atoms with van der Waals surface area (Å²) >= 11 is 1.53. The Morgan fingerprint density at radius 2 is 2.36 bits per heavy atom. The number of hydrogen-bond acceptors (Lipinski definition) is 5. The Morgan fingerprint density at radius 3 is 3.00 bits per heavy atom. The molecule has 0 aliphatic heterocycles. The summed E-state index contributed by atoms with van der Waals surface area (Å²) in [6, 6.07) is 0. The highest BCUT2D eigenvalue weighted by atomic mass is 32.1. The van der Waals surface area contributed by atoms with Crippen LogP contribution in [0.15, 0.2) is 0 Å². The van der Waals surface area contributed by atoms with Crippen LogP contribution in [0, 0.1) is 6.92 Å². The van der Waals surface area contributed by atoms with Crippen molar-refractivity contribution in [3.05, 3.63) is 16.4 Å². The van der Waals surface area contributed by atoms with Gasteiger partial charge in [-0.2, -0.15) is 5.10 Å². The average molecular weight is 212 g/mol. The number of nitrogens with two attached hydrogens (primary N) is 1. The van der Waals surface area contributed by atoms with Gasteiger partial charge in [-0.15, -0.1) is 0 Å². The molecular formula is C8H12N4OS. The Bertz CT molecular complexity index is 447. The van der Waals surface area contributed by atoms with Gasteiger partial charge < -0.3 is 10.5 Å². The molecule has 2 N–H and O–H groups in total. The van der Waals surface area contributed by atoms with Gasteiger partial charge in [-0.05, 0) is 6.92 Å². The molecule has 0 amide bonds. The molecule has 0 bridgehead atoms. The molecule has 2 rings (SSSR count). The third-order valence-electron chi connectivity index (χ3n) is 2.00. The predicted octanol–water partition coefficient (Wildman–Crippen LogP) is 0.704. The van der Waals surface area contributed by atoms with Crippen LogP contribution in [0.1, 0.15) is 16.4 Å². The molecular weight excluding hydrogens is 200 g/mol. The summed E-state index contributed by atoms with van der Waals surface area (Å²) in [5.74, 6) is 0. The van der Waals surface area contributed by atoms with Crippen molar-refractivity contribution in [1.29, 1.82) is 0 Å². The van der Waals surface area contributed by atoms with Crippen LogP contribution < -0.4 is 5.73 Å². The first-order chi connectivity index (χ1) is 6.76. The minimum atomic E-state index is 0.461. The lowest BCUT2D eigenvalue weighted by atomic mass is 10.3. The number of methoxy groups -OCH3 is 1. The summed E-state index contributed by atoms with van der Waals surface area (Å²) in [5.41, 5.74) is 7.54. The lowest BCUT2D eigenvalue weighted by Crippen LogP contribution is -2.03. The number of ether oxygens (including phenoxy) is 1. The van der Waals surface area contributed by atoms with Gasteiger partial charge in [0.05, 0.1) is 18.0 Å². The highest BCUT2D eigenvalue weighted by Crippen LogP contribution is 2.18. The van der Waals surface area contributed by atoms with E-state index < -0.39 is 0 Å². The van der Waals surface area contributed by atoms with E-state index in [2.05, 4.69) is 10.1 Å². The van der Waals surface area contributed by atoms with Gasteiger partial charge in [-0.1, -0.05) is 11.3 Å². The highest BCUT2D eigenvalue weighted by Gasteiger charge is 2.11. The van der Waals surface area contributed by atoms with Gasteiger partial charge in [0.1, 0.15) is 5.01 Å². The van der Waals surface area contributed by atoms with Crippen molar-refractivity contribution in [1.82, 2.24) is 14.6 Å². The molecule has 2 heterocycles. The number of hydrogen-bond donors (Lipinski definition) is 1. The van der Waals surface area contributed by atoms with Crippen molar-refractivity contribution >= 4 is 16.3 Å². The molecule has 0 saturated heterocycles. The normalized spacial score (nSPS) is 11.4. The molecule has 0 aliphatic rings. The molecule has 5 nitrogen and oxygen atoms in total. The van der Waals surface area contributed by atoms with Crippen LogP contribution in [0.4, 0.5) is 0 Å². The maximum atomic E-state index is 5.62. The minimum Gasteiger partial charge on any atom is -0.377 e. The molecule has 0 saturated carbocycles. The van der Waals surface area contributed by atoms with Crippen LogP contribution in [0.3, 0.4) is 0 Å². The molecule has 0 spiro atoms. The van der Waals surface area contributed by atoms with E-state index in [-0.39, 0.29) is 0 Å². The van der Waals surface area contributed by atoms with Gasteiger partial charge in [0, 0.05) is 13.7 Å². The largest absolute Gasteiger partial charge is 0.377 e. The molecule has 2 aromatic heterocycles. The molecule has 14 heavy (non-hydrogen) atoms. The fraction of sp³-hybridized carbons (Fsp3) is 0.500. The van der Waals surface area contributed by atoms with E-state index in [1.165, 1.54) is 11.3 Å². The number of aryl methyl sites for hydroxylation is 1. The van der Waals surface area contributed by atoms with Gasteiger partial charge >= 0.3 is 0 Å². The second kappa shape index (κ2) is 3.64. The van der Waals surface area contributed by atoms with Crippen molar-refractivity contribution in [2.45, 2.75) is 20.1 Å². The van der Waals surface area contributed by atoms with Crippen molar-refractivity contribution < 1.29 is 4.74 Å². The van der Waals surface area contributed by atoms with Crippen LogP contribution in [-0.4, -0.2) is 21.7 Å². The Morgan fingerprint density at radius 1 is 1.57 bits per heavy atom. The van der Waals surface area contributed by atoms with E-state index in [4.69, 9.17) is 10.5 Å². The zero-order valence-electron chi connectivity index (χ0n) is 8.15. The first-order valence-electron chi connectivity index (χ1n) is 4.29. The highest BCUT2D eigenvalue weighted by molar-refractivity contribution is 7.16. The topological polar surface area (TPSA) is 65.4 Å². The second-order valence-electron chi connectivity index (χ2n) is 2.97. The second-order valence-corrected chi connectivity index (χ2v) is 4.01. The van der Waals surface area contributed by atoms with E-state index >= 15 is 0 Å². The molecule has 0 aromatic carbocycles. The van der Waals surface area contributed by atoms with Gasteiger partial charge in [0.25, 0.3) is 0 Å². The Hall–Kier alpha value is -0.980. The molecule has 6 heteroatoms. The van der Waals surface area contributed by atoms with Crippen LogP contribution in [0.5, 0.6) is 0 Å². The lowest BCUT2D eigenvalue weighted by Gasteiger charge is -1.94. The fourth-order valence-electron chi connectivity index (χ4n) is 1.35. The Balaban J connectivity index is 2.51. The molecule has 76 valence electrons. The van der Waals surface area contributed by atoms with E-state index in [9.17, 15) is 0 Å². The average Bonchev–Trinajstić information content (AvgIpc) is 2.61. The number of fused-ring (bicyclic) bond motifs is 1. The predicted molar refractivity (Wildman–Crippen MR) is 54.2 cm³/mol. The fourth-order valence-corrected chi connectivity index (χ4v) is 2.28. The maximum Gasteiger partial charge on any atom is 0.212 e. The molecule has 0 atom stereocenters. The van der Waals surface area contributed by atoms with Gasteiger partial charge in [-0.25, -0.2) is 9.50 Å². The summed E-state index contributed by atoms with van der Waals surface area (Å²) < 4.78 is 6.81. The van der Waals surface area contributed by atoms with E-state index in [1.807, 2.05) is 6.92 Å². The van der Waals surface area contributed by atoms with Crippen molar-refractivity contribution in [2.24, 2.45) is 5.73 Å². The first kappa shape index (κ1) is 9.57. The van der Waals surface area contributed by atoms with Gasteiger partial charge in [0.2, 0.25) is 4.96 Å². The first-order valence-corrected chi connectivity index (χ1v) is 5.11. The summed E-state index contributed by atoms with van der Waals surface area (Å²) in [6.07, 6.45) is 0. The third-order valence-corrected chi connectivity index (χ3v) is 2.88. The summed E-state index contributed by atoms with van der Waals surface area (Å²) in [5, 5.41) is 5.28. The van der Waals surface area contributed by atoms with Gasteiger partial charge in [-0.3, -0.25) is 0 Å².